The van der Waals surface area contributed by atoms with Gasteiger partial charge >= 0.3 is 11.9 Å². The Morgan fingerprint density at radius 1 is 1.09 bits per heavy atom. The minimum atomic E-state index is -1.46. The van der Waals surface area contributed by atoms with Crippen LogP contribution in [0.15, 0.2) is 0 Å². The number of carbonyl (C=O) groups is 2. The van der Waals surface area contributed by atoms with Crippen LogP contribution in [0.4, 0.5) is 0 Å². The average Bonchev–Trinajstić information content (AvgIpc) is 1.87. The Morgan fingerprint density at radius 3 is 1.55 bits per heavy atom. The highest BCUT2D eigenvalue weighted by atomic mass is 32.1. The highest BCUT2D eigenvalue weighted by molar-refractivity contribution is 7.82. The standard InChI is InChI=1S/C4H6O5S2/c5-1(6)3(10)9-4(11)2(7)8/h3-4,10-11H,(H,5,6)(H,7,8). The summed E-state index contributed by atoms with van der Waals surface area (Å²) in [5.41, 5.74) is -2.93. The molecule has 0 saturated heterocycles. The maximum absolute atomic E-state index is 10.0. The van der Waals surface area contributed by atoms with E-state index in [2.05, 4.69) is 30.0 Å². The van der Waals surface area contributed by atoms with Crippen LogP contribution in [0.25, 0.3) is 0 Å². The monoisotopic (exact) mass is 198 g/mol. The Balaban J connectivity index is 3.84. The van der Waals surface area contributed by atoms with Crippen LogP contribution >= 0.6 is 25.3 Å². The normalized spacial score (nSPS) is 15.5. The minimum absolute atomic E-state index is 1.35. The zero-order chi connectivity index (χ0) is 9.02. The summed E-state index contributed by atoms with van der Waals surface area (Å²) in [4.78, 5) is 20.1. The number of thiol groups is 2. The van der Waals surface area contributed by atoms with Gasteiger partial charge in [-0.05, 0) is 0 Å². The highest BCUT2D eigenvalue weighted by Gasteiger charge is 2.21. The molecule has 0 aromatic heterocycles. The molecule has 5 nitrogen and oxygen atoms in total. The van der Waals surface area contributed by atoms with Crippen LogP contribution in [0.1, 0.15) is 0 Å². The van der Waals surface area contributed by atoms with Crippen molar-refractivity contribution >= 4 is 37.2 Å². The molecule has 0 heterocycles. The second-order valence-electron chi connectivity index (χ2n) is 1.52. The highest BCUT2D eigenvalue weighted by Crippen LogP contribution is 2.06. The van der Waals surface area contributed by atoms with Crippen molar-refractivity contribution in [3.05, 3.63) is 0 Å². The van der Waals surface area contributed by atoms with Crippen molar-refractivity contribution in [3.8, 4) is 0 Å². The number of ether oxygens (including phenoxy) is 1. The summed E-state index contributed by atoms with van der Waals surface area (Å²) >= 11 is 6.85. The number of carboxylic acid groups (broad SMARTS) is 2. The van der Waals surface area contributed by atoms with Crippen molar-refractivity contribution in [2.75, 3.05) is 0 Å². The van der Waals surface area contributed by atoms with E-state index in [1.54, 1.807) is 0 Å². The topological polar surface area (TPSA) is 83.8 Å². The lowest BCUT2D eigenvalue weighted by Gasteiger charge is -2.09. The lowest BCUT2D eigenvalue weighted by molar-refractivity contribution is -0.152. The fourth-order valence-electron chi connectivity index (χ4n) is 0.239. The largest absolute Gasteiger partial charge is 0.479 e. The Morgan fingerprint density at radius 2 is 1.36 bits per heavy atom. The molecule has 11 heavy (non-hydrogen) atoms. The molecular weight excluding hydrogens is 192 g/mol. The molecule has 0 amide bonds. The van der Waals surface area contributed by atoms with Gasteiger partial charge in [0.2, 0.25) is 0 Å². The molecule has 0 rings (SSSR count). The lowest BCUT2D eigenvalue weighted by Crippen LogP contribution is -2.26. The number of carboxylic acids is 2. The third kappa shape index (κ3) is 4.12. The van der Waals surface area contributed by atoms with Gasteiger partial charge in [-0.3, -0.25) is 0 Å². The Kier molecular flexibility index (Phi) is 4.31. The zero-order valence-corrected chi connectivity index (χ0v) is 6.96. The molecule has 0 bridgehead atoms. The predicted molar refractivity (Wildman–Crippen MR) is 41.9 cm³/mol. The molecule has 2 N–H and O–H groups in total. The van der Waals surface area contributed by atoms with E-state index in [0.29, 0.717) is 0 Å². The van der Waals surface area contributed by atoms with Crippen LogP contribution in [0, 0.1) is 0 Å². The molecule has 0 radical (unpaired) electrons. The molecule has 0 aliphatic rings. The zero-order valence-electron chi connectivity index (χ0n) is 5.17. The van der Waals surface area contributed by atoms with Gasteiger partial charge in [0.05, 0.1) is 0 Å². The van der Waals surface area contributed by atoms with E-state index >= 15 is 0 Å². The molecular formula is C4H6O5S2. The molecule has 0 aliphatic heterocycles. The van der Waals surface area contributed by atoms with E-state index in [-0.39, 0.29) is 0 Å². The van der Waals surface area contributed by atoms with Crippen LogP contribution < -0.4 is 0 Å². The van der Waals surface area contributed by atoms with Gasteiger partial charge in [0, 0.05) is 0 Å². The first kappa shape index (κ1) is 10.6. The summed E-state index contributed by atoms with van der Waals surface area (Å²) in [6.07, 6.45) is 0. The molecule has 0 aromatic carbocycles. The number of rotatable bonds is 4. The van der Waals surface area contributed by atoms with Crippen molar-refractivity contribution in [1.82, 2.24) is 0 Å². The maximum Gasteiger partial charge on any atom is 0.343 e. The van der Waals surface area contributed by atoms with E-state index in [1.807, 2.05) is 0 Å². The van der Waals surface area contributed by atoms with Gasteiger partial charge in [-0.1, -0.05) is 0 Å². The number of aliphatic carboxylic acids is 2. The van der Waals surface area contributed by atoms with Crippen molar-refractivity contribution < 1.29 is 24.5 Å². The Labute approximate surface area is 73.2 Å². The Hall–Kier alpha value is -0.400. The first-order chi connectivity index (χ1) is 4.95. The van der Waals surface area contributed by atoms with Crippen molar-refractivity contribution in [2.45, 2.75) is 10.9 Å². The van der Waals surface area contributed by atoms with Gasteiger partial charge in [-0.15, -0.1) is 25.3 Å². The van der Waals surface area contributed by atoms with E-state index < -0.39 is 22.8 Å². The summed E-state index contributed by atoms with van der Waals surface area (Å²) in [6, 6.07) is 0. The summed E-state index contributed by atoms with van der Waals surface area (Å²) < 4.78 is 4.30. The predicted octanol–water partition coefficient (Wildman–Crippen LogP) is -0.316. The van der Waals surface area contributed by atoms with Crippen molar-refractivity contribution in [2.24, 2.45) is 0 Å². The van der Waals surface area contributed by atoms with E-state index in [1.165, 1.54) is 0 Å². The molecule has 0 spiro atoms. The van der Waals surface area contributed by atoms with Gasteiger partial charge in [-0.25, -0.2) is 9.59 Å². The van der Waals surface area contributed by atoms with Gasteiger partial charge in [-0.2, -0.15) is 0 Å². The maximum atomic E-state index is 10.0. The third-order valence-electron chi connectivity index (χ3n) is 0.680. The Bertz CT molecular complexity index is 152. The SMILES string of the molecule is O=C(O)C(S)OC(S)C(=O)O. The molecule has 2 unspecified atom stereocenters. The fourth-order valence-corrected chi connectivity index (χ4v) is 0.578. The van der Waals surface area contributed by atoms with Crippen molar-refractivity contribution in [3.63, 3.8) is 0 Å². The second kappa shape index (κ2) is 4.47. The van der Waals surface area contributed by atoms with Gasteiger partial charge in [0.1, 0.15) is 0 Å². The molecule has 7 heteroatoms. The van der Waals surface area contributed by atoms with E-state index in [4.69, 9.17) is 10.2 Å². The van der Waals surface area contributed by atoms with E-state index in [0.717, 1.165) is 0 Å². The van der Waals surface area contributed by atoms with Gasteiger partial charge in [0.15, 0.2) is 10.9 Å². The third-order valence-corrected chi connectivity index (χ3v) is 1.37. The fraction of sp³-hybridized carbons (Fsp3) is 0.500. The van der Waals surface area contributed by atoms with Crippen molar-refractivity contribution in [1.29, 1.82) is 0 Å². The first-order valence-electron chi connectivity index (χ1n) is 2.42. The summed E-state index contributed by atoms with van der Waals surface area (Å²) in [5.74, 6) is -2.71. The smallest absolute Gasteiger partial charge is 0.343 e. The van der Waals surface area contributed by atoms with Gasteiger partial charge in [0.25, 0.3) is 0 Å². The molecule has 0 fully saturated rings. The number of hydrogen-bond donors (Lipinski definition) is 4. The van der Waals surface area contributed by atoms with Gasteiger partial charge < -0.3 is 14.9 Å². The van der Waals surface area contributed by atoms with Crippen LogP contribution in [0.3, 0.4) is 0 Å². The second-order valence-corrected chi connectivity index (χ2v) is 2.46. The van der Waals surface area contributed by atoms with Crippen LogP contribution in [0.5, 0.6) is 0 Å². The molecule has 0 aliphatic carbocycles. The molecule has 0 aromatic rings. The molecule has 2 atom stereocenters. The average molecular weight is 198 g/mol. The number of hydrogen-bond acceptors (Lipinski definition) is 5. The molecule has 0 saturated carbocycles. The van der Waals surface area contributed by atoms with Crippen LogP contribution in [0.2, 0.25) is 0 Å². The summed E-state index contributed by atoms with van der Waals surface area (Å²) in [5, 5.41) is 16.4. The quantitative estimate of drug-likeness (QED) is 0.367. The van der Waals surface area contributed by atoms with E-state index in [9.17, 15) is 9.59 Å². The summed E-state index contributed by atoms with van der Waals surface area (Å²) in [6.45, 7) is 0. The van der Waals surface area contributed by atoms with Crippen LogP contribution in [-0.2, 0) is 14.3 Å². The molecule has 64 valence electrons. The minimum Gasteiger partial charge on any atom is -0.479 e. The lowest BCUT2D eigenvalue weighted by atomic mass is 10.7. The first-order valence-corrected chi connectivity index (χ1v) is 3.45. The van der Waals surface area contributed by atoms with Crippen LogP contribution in [-0.4, -0.2) is 33.0 Å². The summed E-state index contributed by atoms with van der Waals surface area (Å²) in [7, 11) is 0.